The van der Waals surface area contributed by atoms with Gasteiger partial charge in [0, 0.05) is 18.0 Å². The summed E-state index contributed by atoms with van der Waals surface area (Å²) in [6.07, 6.45) is 2.12. The summed E-state index contributed by atoms with van der Waals surface area (Å²) >= 11 is 1.60. The van der Waals surface area contributed by atoms with Crippen molar-refractivity contribution in [3.63, 3.8) is 0 Å². The second-order valence-corrected chi connectivity index (χ2v) is 6.41. The van der Waals surface area contributed by atoms with E-state index in [4.69, 9.17) is 5.73 Å². The van der Waals surface area contributed by atoms with Crippen LogP contribution in [0.3, 0.4) is 0 Å². The lowest BCUT2D eigenvalue weighted by molar-refractivity contribution is 0.226. The van der Waals surface area contributed by atoms with Crippen LogP contribution in [0.25, 0.3) is 0 Å². The molecule has 0 amide bonds. The Morgan fingerprint density at radius 1 is 1.32 bits per heavy atom. The highest BCUT2D eigenvalue weighted by Crippen LogP contribution is 2.44. The van der Waals surface area contributed by atoms with E-state index in [1.165, 1.54) is 5.56 Å². The zero-order valence-electron chi connectivity index (χ0n) is 11.0. The monoisotopic (exact) mass is 274 g/mol. The molecule has 1 heterocycles. The van der Waals surface area contributed by atoms with E-state index < -0.39 is 0 Å². The van der Waals surface area contributed by atoms with Crippen molar-refractivity contribution < 1.29 is 0 Å². The summed E-state index contributed by atoms with van der Waals surface area (Å²) in [6.45, 7) is 2.67. The lowest BCUT2D eigenvalue weighted by atomic mass is 9.61. The maximum absolute atomic E-state index is 6.01. The number of anilines is 1. The number of aryl methyl sites for hydroxylation is 1. The number of nitrogens with two attached hydrogens (primary N) is 1. The van der Waals surface area contributed by atoms with Gasteiger partial charge >= 0.3 is 0 Å². The van der Waals surface area contributed by atoms with Crippen LogP contribution in [0, 0.1) is 6.92 Å². The van der Waals surface area contributed by atoms with Crippen molar-refractivity contribution in [1.82, 2.24) is 10.2 Å². The number of hydrogen-bond donors (Lipinski definition) is 2. The van der Waals surface area contributed by atoms with Crippen LogP contribution in [0.4, 0.5) is 5.13 Å². The summed E-state index contributed by atoms with van der Waals surface area (Å²) < 4.78 is 0. The normalized spacial score (nSPS) is 25.9. The minimum Gasteiger partial charge on any atom is -0.357 e. The fourth-order valence-electron chi connectivity index (χ4n) is 2.83. The predicted octanol–water partition coefficient (Wildman–Crippen LogP) is 2.32. The van der Waals surface area contributed by atoms with Gasteiger partial charge in [-0.1, -0.05) is 41.7 Å². The molecule has 0 unspecified atom stereocenters. The molecule has 0 bridgehead atoms. The number of benzene rings is 1. The van der Waals surface area contributed by atoms with E-state index in [9.17, 15) is 0 Å². The predicted molar refractivity (Wildman–Crippen MR) is 78.5 cm³/mol. The molecule has 1 saturated carbocycles. The van der Waals surface area contributed by atoms with Crippen molar-refractivity contribution in [1.29, 1.82) is 0 Å². The van der Waals surface area contributed by atoms with Crippen molar-refractivity contribution in [3.05, 3.63) is 40.9 Å². The number of hydrogen-bond acceptors (Lipinski definition) is 5. The molecule has 0 spiro atoms. The molecular formula is C14H18N4S. The molecule has 5 heteroatoms. The molecule has 3 N–H and O–H groups in total. The van der Waals surface area contributed by atoms with Gasteiger partial charge in [0.1, 0.15) is 5.01 Å². The van der Waals surface area contributed by atoms with E-state index in [0.717, 1.165) is 23.0 Å². The molecule has 2 aromatic rings. The Balaban J connectivity index is 1.67. The molecule has 1 aliphatic rings. The maximum atomic E-state index is 6.01. The first-order chi connectivity index (χ1) is 9.22. The van der Waals surface area contributed by atoms with E-state index in [2.05, 4.69) is 39.8 Å². The minimum atomic E-state index is 0.138. The van der Waals surface area contributed by atoms with E-state index in [0.29, 0.717) is 12.6 Å². The third kappa shape index (κ3) is 2.35. The summed E-state index contributed by atoms with van der Waals surface area (Å²) in [5.41, 5.74) is 7.50. The van der Waals surface area contributed by atoms with Crippen molar-refractivity contribution in [2.24, 2.45) is 5.73 Å². The molecule has 0 aliphatic heterocycles. The van der Waals surface area contributed by atoms with Gasteiger partial charge in [-0.05, 0) is 25.3 Å². The fourth-order valence-corrected chi connectivity index (χ4v) is 3.50. The first kappa shape index (κ1) is 12.6. The van der Waals surface area contributed by atoms with Gasteiger partial charge in [0.25, 0.3) is 0 Å². The average Bonchev–Trinajstić information content (AvgIpc) is 2.80. The zero-order valence-corrected chi connectivity index (χ0v) is 11.8. The lowest BCUT2D eigenvalue weighted by Gasteiger charge is -2.47. The van der Waals surface area contributed by atoms with Gasteiger partial charge < -0.3 is 11.1 Å². The molecular weight excluding hydrogens is 256 g/mol. The van der Waals surface area contributed by atoms with Crippen molar-refractivity contribution in [2.45, 2.75) is 31.2 Å². The Kier molecular flexibility index (Phi) is 3.24. The first-order valence-electron chi connectivity index (χ1n) is 6.54. The van der Waals surface area contributed by atoms with Crippen LogP contribution in [0.5, 0.6) is 0 Å². The summed E-state index contributed by atoms with van der Waals surface area (Å²) in [5, 5.41) is 13.5. The largest absolute Gasteiger partial charge is 0.357 e. The first-order valence-corrected chi connectivity index (χ1v) is 7.36. The Bertz CT molecular complexity index is 546. The van der Waals surface area contributed by atoms with Crippen LogP contribution in [0.2, 0.25) is 0 Å². The summed E-state index contributed by atoms with van der Waals surface area (Å²) in [5.74, 6) is 0. The van der Waals surface area contributed by atoms with E-state index in [1.807, 2.05) is 13.0 Å². The topological polar surface area (TPSA) is 63.8 Å². The molecule has 19 heavy (non-hydrogen) atoms. The third-order valence-electron chi connectivity index (χ3n) is 3.90. The van der Waals surface area contributed by atoms with Gasteiger partial charge in [-0.3, -0.25) is 0 Å². The van der Waals surface area contributed by atoms with E-state index in [1.54, 1.807) is 11.3 Å². The van der Waals surface area contributed by atoms with Crippen LogP contribution in [-0.4, -0.2) is 22.8 Å². The molecule has 1 aliphatic carbocycles. The highest BCUT2D eigenvalue weighted by molar-refractivity contribution is 7.15. The second kappa shape index (κ2) is 4.90. The SMILES string of the molecule is Cc1nnc(NC2CC(CN)(c3ccccc3)C2)s1. The molecule has 0 atom stereocenters. The van der Waals surface area contributed by atoms with Crippen LogP contribution in [0.1, 0.15) is 23.4 Å². The van der Waals surface area contributed by atoms with E-state index >= 15 is 0 Å². The third-order valence-corrected chi connectivity index (χ3v) is 4.67. The van der Waals surface area contributed by atoms with Crippen LogP contribution >= 0.6 is 11.3 Å². The number of rotatable bonds is 4. The Hall–Kier alpha value is -1.46. The van der Waals surface area contributed by atoms with Crippen LogP contribution in [0.15, 0.2) is 30.3 Å². The number of nitrogens with one attached hydrogen (secondary N) is 1. The van der Waals surface area contributed by atoms with Crippen LogP contribution < -0.4 is 11.1 Å². The summed E-state index contributed by atoms with van der Waals surface area (Å²) in [7, 11) is 0. The molecule has 0 saturated heterocycles. The molecule has 4 nitrogen and oxygen atoms in total. The van der Waals surface area contributed by atoms with Crippen molar-refractivity contribution in [3.8, 4) is 0 Å². The van der Waals surface area contributed by atoms with Gasteiger partial charge in [0.15, 0.2) is 0 Å². The molecule has 1 aromatic carbocycles. The van der Waals surface area contributed by atoms with Gasteiger partial charge in [0.2, 0.25) is 5.13 Å². The molecule has 1 fully saturated rings. The highest BCUT2D eigenvalue weighted by atomic mass is 32.1. The Morgan fingerprint density at radius 2 is 2.05 bits per heavy atom. The Labute approximate surface area is 117 Å². The minimum absolute atomic E-state index is 0.138. The maximum Gasteiger partial charge on any atom is 0.205 e. The van der Waals surface area contributed by atoms with Crippen molar-refractivity contribution in [2.75, 3.05) is 11.9 Å². The molecule has 100 valence electrons. The van der Waals surface area contributed by atoms with Gasteiger partial charge in [-0.25, -0.2) is 0 Å². The van der Waals surface area contributed by atoms with E-state index in [-0.39, 0.29) is 5.41 Å². The number of aromatic nitrogens is 2. The smallest absolute Gasteiger partial charge is 0.205 e. The lowest BCUT2D eigenvalue weighted by Crippen LogP contribution is -2.52. The molecule has 0 radical (unpaired) electrons. The van der Waals surface area contributed by atoms with Crippen molar-refractivity contribution >= 4 is 16.5 Å². The van der Waals surface area contributed by atoms with Gasteiger partial charge in [0.05, 0.1) is 0 Å². The highest BCUT2D eigenvalue weighted by Gasteiger charge is 2.44. The quantitative estimate of drug-likeness (QED) is 0.898. The molecule has 3 rings (SSSR count). The zero-order chi connectivity index (χ0) is 13.3. The summed E-state index contributed by atoms with van der Waals surface area (Å²) in [4.78, 5) is 0. The fraction of sp³-hybridized carbons (Fsp3) is 0.429. The molecule has 1 aromatic heterocycles. The average molecular weight is 274 g/mol. The van der Waals surface area contributed by atoms with Gasteiger partial charge in [-0.15, -0.1) is 10.2 Å². The van der Waals surface area contributed by atoms with Gasteiger partial charge in [-0.2, -0.15) is 0 Å². The summed E-state index contributed by atoms with van der Waals surface area (Å²) in [6, 6.07) is 11.0. The second-order valence-electron chi connectivity index (χ2n) is 5.23. The Morgan fingerprint density at radius 3 is 2.63 bits per heavy atom. The number of nitrogens with zero attached hydrogens (tertiary/aromatic N) is 2. The standard InChI is InChI=1S/C14H18N4S/c1-10-17-18-13(19-10)16-12-7-14(8-12,9-15)11-5-3-2-4-6-11/h2-6,12H,7-9,15H2,1H3,(H,16,18). The van der Waals surface area contributed by atoms with Crippen LogP contribution in [-0.2, 0) is 5.41 Å².